The molecule has 0 amide bonds. The fourth-order valence-corrected chi connectivity index (χ4v) is 2.37. The molecule has 2 N–H and O–H groups in total. The van der Waals surface area contributed by atoms with E-state index in [1.807, 2.05) is 13.1 Å². The van der Waals surface area contributed by atoms with Gasteiger partial charge in [0.15, 0.2) is 0 Å². The molecule has 1 heterocycles. The number of rotatable bonds is 3. The number of phenols is 1. The van der Waals surface area contributed by atoms with Crippen molar-refractivity contribution in [3.8, 4) is 5.75 Å². The van der Waals surface area contributed by atoms with Crippen LogP contribution in [0, 0.1) is 0 Å². The molecule has 0 aromatic heterocycles. The van der Waals surface area contributed by atoms with Crippen LogP contribution in [0.3, 0.4) is 0 Å². The molecule has 1 aromatic carbocycles. The Balaban J connectivity index is 2.04. The zero-order chi connectivity index (χ0) is 11.5. The normalized spacial score (nSPS) is 21.5. The second-order valence-corrected chi connectivity index (χ2v) is 4.65. The molecule has 1 atom stereocenters. The number of likely N-dealkylation sites (N-methyl/N-ethyl adjacent to an activating group) is 1. The summed E-state index contributed by atoms with van der Waals surface area (Å²) < 4.78 is 0. The molecule has 0 radical (unpaired) electrons. The summed E-state index contributed by atoms with van der Waals surface area (Å²) in [5.74, 6) is 0.292. The maximum absolute atomic E-state index is 9.75. The van der Waals surface area contributed by atoms with Crippen molar-refractivity contribution in [3.05, 3.63) is 28.8 Å². The smallest absolute Gasteiger partial charge is 0.121 e. The van der Waals surface area contributed by atoms with Gasteiger partial charge in [0.25, 0.3) is 0 Å². The summed E-state index contributed by atoms with van der Waals surface area (Å²) in [5, 5.41) is 13.7. The number of nitrogens with one attached hydrogen (secondary N) is 1. The molecule has 1 saturated heterocycles. The third kappa shape index (κ3) is 2.48. The van der Waals surface area contributed by atoms with E-state index in [0.717, 1.165) is 31.6 Å². The zero-order valence-corrected chi connectivity index (χ0v) is 10.2. The highest BCUT2D eigenvalue weighted by molar-refractivity contribution is 6.31. The molecule has 88 valence electrons. The van der Waals surface area contributed by atoms with E-state index in [-0.39, 0.29) is 0 Å². The van der Waals surface area contributed by atoms with Gasteiger partial charge in [0, 0.05) is 36.3 Å². The Labute approximate surface area is 101 Å². The second kappa shape index (κ2) is 5.04. The van der Waals surface area contributed by atoms with Crippen molar-refractivity contribution in [3.63, 3.8) is 0 Å². The van der Waals surface area contributed by atoms with Crippen LogP contribution in [-0.2, 0) is 6.54 Å². The SMILES string of the molecule is CNC1CCN(Cc2c(O)cccc2Cl)C1. The Bertz CT molecular complexity index is 350. The molecule has 1 aromatic rings. The minimum Gasteiger partial charge on any atom is -0.508 e. The first-order valence-electron chi connectivity index (χ1n) is 5.56. The first-order valence-corrected chi connectivity index (χ1v) is 5.94. The van der Waals surface area contributed by atoms with Gasteiger partial charge in [-0.15, -0.1) is 0 Å². The average Bonchev–Trinajstić information content (AvgIpc) is 2.71. The van der Waals surface area contributed by atoms with E-state index in [1.54, 1.807) is 12.1 Å². The van der Waals surface area contributed by atoms with Crippen molar-refractivity contribution >= 4 is 11.6 Å². The highest BCUT2D eigenvalue weighted by Crippen LogP contribution is 2.27. The number of hydrogen-bond acceptors (Lipinski definition) is 3. The van der Waals surface area contributed by atoms with E-state index in [2.05, 4.69) is 10.2 Å². The summed E-state index contributed by atoms with van der Waals surface area (Å²) in [7, 11) is 1.99. The maximum atomic E-state index is 9.75. The first-order chi connectivity index (χ1) is 7.70. The van der Waals surface area contributed by atoms with Crippen LogP contribution < -0.4 is 5.32 Å². The van der Waals surface area contributed by atoms with Gasteiger partial charge in [-0.05, 0) is 25.6 Å². The van der Waals surface area contributed by atoms with E-state index in [9.17, 15) is 5.11 Å². The summed E-state index contributed by atoms with van der Waals surface area (Å²) in [5.41, 5.74) is 0.834. The Kier molecular flexibility index (Phi) is 3.69. The highest BCUT2D eigenvalue weighted by atomic mass is 35.5. The third-order valence-electron chi connectivity index (χ3n) is 3.16. The Morgan fingerprint density at radius 1 is 1.56 bits per heavy atom. The van der Waals surface area contributed by atoms with Gasteiger partial charge < -0.3 is 10.4 Å². The Morgan fingerprint density at radius 2 is 2.38 bits per heavy atom. The van der Waals surface area contributed by atoms with Crippen molar-refractivity contribution in [1.82, 2.24) is 10.2 Å². The van der Waals surface area contributed by atoms with Gasteiger partial charge in [-0.25, -0.2) is 0 Å². The standard InChI is InChI=1S/C12H17ClN2O/c1-14-9-5-6-15(7-9)8-10-11(13)3-2-4-12(10)16/h2-4,9,14,16H,5-8H2,1H3. The number of hydrogen-bond donors (Lipinski definition) is 2. The summed E-state index contributed by atoms with van der Waals surface area (Å²) in [6.07, 6.45) is 1.15. The average molecular weight is 241 g/mol. The predicted octanol–water partition coefficient (Wildman–Crippen LogP) is 1.84. The second-order valence-electron chi connectivity index (χ2n) is 4.25. The summed E-state index contributed by atoms with van der Waals surface area (Å²) in [6.45, 7) is 2.79. The fourth-order valence-electron chi connectivity index (χ4n) is 2.14. The van der Waals surface area contributed by atoms with Crippen LogP contribution in [-0.4, -0.2) is 36.2 Å². The van der Waals surface area contributed by atoms with Crippen molar-refractivity contribution in [2.45, 2.75) is 19.0 Å². The van der Waals surface area contributed by atoms with Gasteiger partial charge in [0.05, 0.1) is 0 Å². The number of halogens is 1. The number of benzene rings is 1. The molecule has 16 heavy (non-hydrogen) atoms. The molecule has 3 nitrogen and oxygen atoms in total. The van der Waals surface area contributed by atoms with Crippen LogP contribution in [0.1, 0.15) is 12.0 Å². The van der Waals surface area contributed by atoms with Crippen LogP contribution in [0.25, 0.3) is 0 Å². The third-order valence-corrected chi connectivity index (χ3v) is 3.51. The number of phenolic OH excluding ortho intramolecular Hbond substituents is 1. The molecule has 1 aliphatic rings. The van der Waals surface area contributed by atoms with Gasteiger partial charge in [-0.2, -0.15) is 0 Å². The van der Waals surface area contributed by atoms with Crippen LogP contribution in [0.2, 0.25) is 5.02 Å². The van der Waals surface area contributed by atoms with Crippen molar-refractivity contribution in [2.75, 3.05) is 20.1 Å². The molecule has 1 fully saturated rings. The van der Waals surface area contributed by atoms with E-state index in [4.69, 9.17) is 11.6 Å². The van der Waals surface area contributed by atoms with Gasteiger partial charge in [-0.3, -0.25) is 4.90 Å². The minimum absolute atomic E-state index is 0.292. The fraction of sp³-hybridized carbons (Fsp3) is 0.500. The molecule has 2 rings (SSSR count). The highest BCUT2D eigenvalue weighted by Gasteiger charge is 2.22. The molecule has 0 aliphatic carbocycles. The van der Waals surface area contributed by atoms with Crippen LogP contribution >= 0.6 is 11.6 Å². The summed E-state index contributed by atoms with van der Waals surface area (Å²) in [6, 6.07) is 5.83. The van der Waals surface area contributed by atoms with Crippen molar-refractivity contribution < 1.29 is 5.11 Å². The Hall–Kier alpha value is -0.770. The van der Waals surface area contributed by atoms with Crippen molar-refractivity contribution in [1.29, 1.82) is 0 Å². The lowest BCUT2D eigenvalue weighted by Gasteiger charge is -2.17. The Morgan fingerprint density at radius 3 is 3.00 bits per heavy atom. The quantitative estimate of drug-likeness (QED) is 0.847. The van der Waals surface area contributed by atoms with Gasteiger partial charge >= 0.3 is 0 Å². The first kappa shape index (κ1) is 11.7. The topological polar surface area (TPSA) is 35.5 Å². The van der Waals surface area contributed by atoms with E-state index < -0.39 is 0 Å². The number of aromatic hydroxyl groups is 1. The van der Waals surface area contributed by atoms with Gasteiger partial charge in [-0.1, -0.05) is 17.7 Å². The molecule has 0 saturated carbocycles. The predicted molar refractivity (Wildman–Crippen MR) is 65.9 cm³/mol. The largest absolute Gasteiger partial charge is 0.508 e. The van der Waals surface area contributed by atoms with Crippen LogP contribution in [0.5, 0.6) is 5.75 Å². The van der Waals surface area contributed by atoms with E-state index in [1.165, 1.54) is 0 Å². The zero-order valence-electron chi connectivity index (χ0n) is 9.41. The molecular formula is C12H17ClN2O. The molecule has 4 heteroatoms. The van der Waals surface area contributed by atoms with E-state index in [0.29, 0.717) is 16.8 Å². The molecule has 0 spiro atoms. The lowest BCUT2D eigenvalue weighted by atomic mass is 10.2. The molecule has 1 aliphatic heterocycles. The van der Waals surface area contributed by atoms with Gasteiger partial charge in [0.1, 0.15) is 5.75 Å². The number of likely N-dealkylation sites (tertiary alicyclic amines) is 1. The lowest BCUT2D eigenvalue weighted by Crippen LogP contribution is -2.29. The number of nitrogens with zero attached hydrogens (tertiary/aromatic N) is 1. The molecular weight excluding hydrogens is 224 g/mol. The van der Waals surface area contributed by atoms with Crippen LogP contribution in [0.4, 0.5) is 0 Å². The van der Waals surface area contributed by atoms with E-state index >= 15 is 0 Å². The maximum Gasteiger partial charge on any atom is 0.121 e. The molecule has 0 bridgehead atoms. The summed E-state index contributed by atoms with van der Waals surface area (Å²) >= 11 is 6.08. The monoisotopic (exact) mass is 240 g/mol. The van der Waals surface area contributed by atoms with Gasteiger partial charge in [0.2, 0.25) is 0 Å². The molecule has 1 unspecified atom stereocenters. The van der Waals surface area contributed by atoms with Crippen LogP contribution in [0.15, 0.2) is 18.2 Å². The minimum atomic E-state index is 0.292. The lowest BCUT2D eigenvalue weighted by molar-refractivity contribution is 0.316. The van der Waals surface area contributed by atoms with Crippen molar-refractivity contribution in [2.24, 2.45) is 0 Å². The summed E-state index contributed by atoms with van der Waals surface area (Å²) in [4.78, 5) is 2.31.